The second-order valence-corrected chi connectivity index (χ2v) is 5.13. The van der Waals surface area contributed by atoms with Crippen LogP contribution in [-0.4, -0.2) is 9.55 Å². The fourth-order valence-corrected chi connectivity index (χ4v) is 2.50. The minimum absolute atomic E-state index is 0.0203. The van der Waals surface area contributed by atoms with Crippen molar-refractivity contribution in [1.82, 2.24) is 9.55 Å². The van der Waals surface area contributed by atoms with Gasteiger partial charge >= 0.3 is 0 Å². The molecular formula is C16H13ClN2O. The lowest BCUT2D eigenvalue weighted by Gasteiger charge is -2.11. The van der Waals surface area contributed by atoms with E-state index in [-0.39, 0.29) is 5.56 Å². The molecule has 0 aliphatic carbocycles. The second-order valence-electron chi connectivity index (χ2n) is 4.70. The van der Waals surface area contributed by atoms with Crippen LogP contribution >= 0.6 is 11.6 Å². The number of aryl methyl sites for hydroxylation is 1. The van der Waals surface area contributed by atoms with E-state index in [0.29, 0.717) is 22.8 Å². The van der Waals surface area contributed by atoms with Crippen LogP contribution in [0, 0.1) is 6.92 Å². The molecular weight excluding hydrogens is 272 g/mol. The van der Waals surface area contributed by atoms with Gasteiger partial charge in [-0.1, -0.05) is 35.9 Å². The molecule has 0 fully saturated rings. The van der Waals surface area contributed by atoms with Crippen molar-refractivity contribution < 1.29 is 0 Å². The summed E-state index contributed by atoms with van der Waals surface area (Å²) in [5.74, 6) is 0.702. The molecule has 3 rings (SSSR count). The van der Waals surface area contributed by atoms with E-state index in [1.54, 1.807) is 10.6 Å². The monoisotopic (exact) mass is 284 g/mol. The number of rotatable bonds is 2. The van der Waals surface area contributed by atoms with Crippen LogP contribution in [0.5, 0.6) is 0 Å². The SMILES string of the molecule is Cc1nc2ccccc2c(=O)n1Cc1cccc(Cl)c1. The van der Waals surface area contributed by atoms with Crippen molar-refractivity contribution in [2.24, 2.45) is 0 Å². The zero-order valence-electron chi connectivity index (χ0n) is 11.0. The van der Waals surface area contributed by atoms with Crippen LogP contribution in [0.3, 0.4) is 0 Å². The highest BCUT2D eigenvalue weighted by molar-refractivity contribution is 6.30. The fraction of sp³-hybridized carbons (Fsp3) is 0.125. The van der Waals surface area contributed by atoms with Crippen molar-refractivity contribution >= 4 is 22.5 Å². The molecule has 0 N–H and O–H groups in total. The highest BCUT2D eigenvalue weighted by Crippen LogP contribution is 2.13. The van der Waals surface area contributed by atoms with E-state index >= 15 is 0 Å². The molecule has 0 spiro atoms. The molecule has 20 heavy (non-hydrogen) atoms. The first-order valence-electron chi connectivity index (χ1n) is 6.36. The Hall–Kier alpha value is -2.13. The van der Waals surface area contributed by atoms with Crippen LogP contribution in [-0.2, 0) is 6.54 Å². The van der Waals surface area contributed by atoms with E-state index in [1.165, 1.54) is 0 Å². The van der Waals surface area contributed by atoms with Crippen molar-refractivity contribution in [2.75, 3.05) is 0 Å². The molecule has 1 aromatic heterocycles. The summed E-state index contributed by atoms with van der Waals surface area (Å²) < 4.78 is 1.67. The van der Waals surface area contributed by atoms with E-state index in [2.05, 4.69) is 4.98 Å². The molecule has 0 aliphatic heterocycles. The van der Waals surface area contributed by atoms with Crippen molar-refractivity contribution in [3.8, 4) is 0 Å². The zero-order valence-corrected chi connectivity index (χ0v) is 11.8. The van der Waals surface area contributed by atoms with Gasteiger partial charge < -0.3 is 0 Å². The molecule has 3 nitrogen and oxygen atoms in total. The Kier molecular flexibility index (Phi) is 3.28. The van der Waals surface area contributed by atoms with Gasteiger partial charge in [-0.15, -0.1) is 0 Å². The highest BCUT2D eigenvalue weighted by atomic mass is 35.5. The predicted octanol–water partition coefficient (Wildman–Crippen LogP) is 3.41. The second kappa shape index (κ2) is 5.10. The number of hydrogen-bond acceptors (Lipinski definition) is 2. The Bertz CT molecular complexity index is 839. The Morgan fingerprint density at radius 2 is 1.95 bits per heavy atom. The van der Waals surface area contributed by atoms with Crippen molar-refractivity contribution in [3.63, 3.8) is 0 Å². The number of nitrogens with zero attached hydrogens (tertiary/aromatic N) is 2. The predicted molar refractivity (Wildman–Crippen MR) is 81.3 cm³/mol. The summed E-state index contributed by atoms with van der Waals surface area (Å²) in [6.07, 6.45) is 0. The van der Waals surface area contributed by atoms with Gasteiger partial charge in [0.25, 0.3) is 5.56 Å². The first-order chi connectivity index (χ1) is 9.65. The first kappa shape index (κ1) is 12.9. The van der Waals surface area contributed by atoms with Gasteiger partial charge in [0.2, 0.25) is 0 Å². The van der Waals surface area contributed by atoms with Crippen LogP contribution < -0.4 is 5.56 Å². The molecule has 0 aliphatic rings. The number of para-hydroxylation sites is 1. The normalized spacial score (nSPS) is 10.9. The molecule has 0 bridgehead atoms. The third kappa shape index (κ3) is 2.32. The largest absolute Gasteiger partial charge is 0.292 e. The minimum Gasteiger partial charge on any atom is -0.292 e. The standard InChI is InChI=1S/C16H13ClN2O/c1-11-18-15-8-3-2-7-14(15)16(20)19(11)10-12-5-4-6-13(17)9-12/h2-9H,10H2,1H3. The fourth-order valence-electron chi connectivity index (χ4n) is 2.28. The van der Waals surface area contributed by atoms with Gasteiger partial charge in [-0.2, -0.15) is 0 Å². The van der Waals surface area contributed by atoms with Gasteiger partial charge in [0.15, 0.2) is 0 Å². The number of halogens is 1. The molecule has 4 heteroatoms. The van der Waals surface area contributed by atoms with Crippen LogP contribution in [0.4, 0.5) is 0 Å². The highest BCUT2D eigenvalue weighted by Gasteiger charge is 2.08. The van der Waals surface area contributed by atoms with Gasteiger partial charge in [0.1, 0.15) is 5.82 Å². The van der Waals surface area contributed by atoms with Gasteiger partial charge in [-0.05, 0) is 36.8 Å². The maximum Gasteiger partial charge on any atom is 0.261 e. The average Bonchev–Trinajstić information content (AvgIpc) is 2.43. The molecule has 0 unspecified atom stereocenters. The van der Waals surface area contributed by atoms with Crippen LogP contribution in [0.2, 0.25) is 5.02 Å². The van der Waals surface area contributed by atoms with Gasteiger partial charge in [-0.25, -0.2) is 4.98 Å². The Labute approximate surface area is 121 Å². The van der Waals surface area contributed by atoms with Gasteiger partial charge in [0, 0.05) is 5.02 Å². The maximum atomic E-state index is 12.5. The summed E-state index contributed by atoms with van der Waals surface area (Å²) in [4.78, 5) is 17.0. The third-order valence-electron chi connectivity index (χ3n) is 3.28. The van der Waals surface area contributed by atoms with Crippen molar-refractivity contribution in [1.29, 1.82) is 0 Å². The van der Waals surface area contributed by atoms with Gasteiger partial charge in [-0.3, -0.25) is 9.36 Å². The summed E-state index contributed by atoms with van der Waals surface area (Å²) in [5, 5.41) is 1.31. The van der Waals surface area contributed by atoms with E-state index in [0.717, 1.165) is 11.1 Å². The average molecular weight is 285 g/mol. The Morgan fingerprint density at radius 3 is 2.75 bits per heavy atom. The third-order valence-corrected chi connectivity index (χ3v) is 3.52. The lowest BCUT2D eigenvalue weighted by atomic mass is 10.2. The molecule has 0 radical (unpaired) electrons. The summed E-state index contributed by atoms with van der Waals surface area (Å²) in [6.45, 7) is 2.32. The van der Waals surface area contributed by atoms with E-state index in [1.807, 2.05) is 49.4 Å². The van der Waals surface area contributed by atoms with Crippen molar-refractivity contribution in [3.05, 3.63) is 75.3 Å². The first-order valence-corrected chi connectivity index (χ1v) is 6.73. The summed E-state index contributed by atoms with van der Waals surface area (Å²) in [6, 6.07) is 14.9. The Balaban J connectivity index is 2.14. The van der Waals surface area contributed by atoms with Crippen LogP contribution in [0.25, 0.3) is 10.9 Å². The summed E-state index contributed by atoms with van der Waals surface area (Å²) in [7, 11) is 0. The van der Waals surface area contributed by atoms with Crippen LogP contribution in [0.15, 0.2) is 53.3 Å². The molecule has 0 amide bonds. The smallest absolute Gasteiger partial charge is 0.261 e. The molecule has 100 valence electrons. The topological polar surface area (TPSA) is 34.9 Å². The maximum absolute atomic E-state index is 12.5. The summed E-state index contributed by atoms with van der Waals surface area (Å²) >= 11 is 5.98. The number of hydrogen-bond donors (Lipinski definition) is 0. The van der Waals surface area contributed by atoms with E-state index in [4.69, 9.17) is 11.6 Å². The number of benzene rings is 2. The summed E-state index contributed by atoms with van der Waals surface area (Å²) in [5.41, 5.74) is 1.70. The van der Waals surface area contributed by atoms with Crippen molar-refractivity contribution in [2.45, 2.75) is 13.5 Å². The Morgan fingerprint density at radius 1 is 1.15 bits per heavy atom. The molecule has 0 saturated carbocycles. The molecule has 1 heterocycles. The molecule has 2 aromatic carbocycles. The number of fused-ring (bicyclic) bond motifs is 1. The minimum atomic E-state index is -0.0203. The quantitative estimate of drug-likeness (QED) is 0.723. The van der Waals surface area contributed by atoms with E-state index < -0.39 is 0 Å². The molecule has 0 atom stereocenters. The molecule has 3 aromatic rings. The zero-order chi connectivity index (χ0) is 14.1. The lowest BCUT2D eigenvalue weighted by Crippen LogP contribution is -2.24. The van der Waals surface area contributed by atoms with E-state index in [9.17, 15) is 4.79 Å². The number of aromatic nitrogens is 2. The lowest BCUT2D eigenvalue weighted by molar-refractivity contribution is 0.713. The van der Waals surface area contributed by atoms with Crippen LogP contribution in [0.1, 0.15) is 11.4 Å². The molecule has 0 saturated heterocycles. The van der Waals surface area contributed by atoms with Gasteiger partial charge in [0.05, 0.1) is 17.4 Å².